The van der Waals surface area contributed by atoms with Gasteiger partial charge in [0, 0.05) is 13.5 Å². The average Bonchev–Trinajstić information content (AvgIpc) is 2.45. The molecule has 96 valence electrons. The van der Waals surface area contributed by atoms with E-state index in [-0.39, 0.29) is 5.91 Å². The lowest BCUT2D eigenvalue weighted by Gasteiger charge is -2.06. The SMILES string of the molecule is CC(=O)NCC=Cc1ccccc1-c1ccccc1. The summed E-state index contributed by atoms with van der Waals surface area (Å²) in [6.45, 7) is 2.07. The zero-order valence-electron chi connectivity index (χ0n) is 11.0. The molecule has 0 spiro atoms. The van der Waals surface area contributed by atoms with Crippen molar-refractivity contribution in [2.75, 3.05) is 6.54 Å². The fraction of sp³-hybridized carbons (Fsp3) is 0.118. The molecule has 0 saturated heterocycles. The molecular formula is C17H17NO. The van der Waals surface area contributed by atoms with Crippen LogP contribution in [-0.4, -0.2) is 12.5 Å². The summed E-state index contributed by atoms with van der Waals surface area (Å²) in [5.41, 5.74) is 3.54. The predicted molar refractivity (Wildman–Crippen MR) is 79.6 cm³/mol. The van der Waals surface area contributed by atoms with Gasteiger partial charge in [0.15, 0.2) is 0 Å². The van der Waals surface area contributed by atoms with Crippen LogP contribution in [0.1, 0.15) is 12.5 Å². The van der Waals surface area contributed by atoms with E-state index in [4.69, 9.17) is 0 Å². The van der Waals surface area contributed by atoms with Crippen LogP contribution in [0, 0.1) is 0 Å². The van der Waals surface area contributed by atoms with E-state index in [1.54, 1.807) is 0 Å². The van der Waals surface area contributed by atoms with Crippen molar-refractivity contribution in [3.63, 3.8) is 0 Å². The van der Waals surface area contributed by atoms with Crippen molar-refractivity contribution in [2.24, 2.45) is 0 Å². The highest BCUT2D eigenvalue weighted by Crippen LogP contribution is 2.24. The van der Waals surface area contributed by atoms with Gasteiger partial charge in [0.25, 0.3) is 0 Å². The molecule has 0 aromatic heterocycles. The van der Waals surface area contributed by atoms with E-state index >= 15 is 0 Å². The monoisotopic (exact) mass is 251 g/mol. The molecule has 2 aromatic rings. The molecule has 1 amide bonds. The molecular weight excluding hydrogens is 234 g/mol. The molecule has 0 radical (unpaired) electrons. The molecule has 0 aliphatic rings. The Morgan fingerprint density at radius 2 is 1.74 bits per heavy atom. The number of amides is 1. The number of rotatable bonds is 4. The maximum Gasteiger partial charge on any atom is 0.217 e. The van der Waals surface area contributed by atoms with Gasteiger partial charge in [-0.1, -0.05) is 66.7 Å². The fourth-order valence-corrected chi connectivity index (χ4v) is 1.91. The lowest BCUT2D eigenvalue weighted by atomic mass is 9.99. The zero-order valence-corrected chi connectivity index (χ0v) is 11.0. The first kappa shape index (κ1) is 13.1. The van der Waals surface area contributed by atoms with Gasteiger partial charge in [0.05, 0.1) is 0 Å². The topological polar surface area (TPSA) is 29.1 Å². The van der Waals surface area contributed by atoms with Crippen LogP contribution < -0.4 is 5.32 Å². The second kappa shape index (κ2) is 6.55. The Morgan fingerprint density at radius 1 is 1.05 bits per heavy atom. The second-order valence-corrected chi connectivity index (χ2v) is 4.29. The zero-order chi connectivity index (χ0) is 13.5. The summed E-state index contributed by atoms with van der Waals surface area (Å²) in [6, 6.07) is 18.5. The minimum atomic E-state index is -0.0130. The number of carbonyl (C=O) groups excluding carboxylic acids is 1. The quantitative estimate of drug-likeness (QED) is 0.885. The first-order valence-electron chi connectivity index (χ1n) is 6.33. The van der Waals surface area contributed by atoms with Gasteiger partial charge in [-0.3, -0.25) is 4.79 Å². The van der Waals surface area contributed by atoms with Crippen LogP contribution in [0.2, 0.25) is 0 Å². The molecule has 0 atom stereocenters. The summed E-state index contributed by atoms with van der Waals surface area (Å²) in [5.74, 6) is -0.0130. The van der Waals surface area contributed by atoms with Crippen molar-refractivity contribution in [2.45, 2.75) is 6.92 Å². The first-order valence-corrected chi connectivity index (χ1v) is 6.33. The molecule has 19 heavy (non-hydrogen) atoms. The summed E-state index contributed by atoms with van der Waals surface area (Å²) in [7, 11) is 0. The van der Waals surface area contributed by atoms with Crippen LogP contribution in [0.3, 0.4) is 0 Å². The van der Waals surface area contributed by atoms with Gasteiger partial charge in [-0.25, -0.2) is 0 Å². The van der Waals surface area contributed by atoms with Crippen LogP contribution >= 0.6 is 0 Å². The third-order valence-electron chi connectivity index (χ3n) is 2.81. The summed E-state index contributed by atoms with van der Waals surface area (Å²) in [5, 5.41) is 2.75. The average molecular weight is 251 g/mol. The molecule has 2 aromatic carbocycles. The molecule has 0 aliphatic carbocycles. The maximum absolute atomic E-state index is 10.8. The molecule has 0 bridgehead atoms. The molecule has 1 N–H and O–H groups in total. The summed E-state index contributed by atoms with van der Waals surface area (Å²) >= 11 is 0. The summed E-state index contributed by atoms with van der Waals surface area (Å²) in [4.78, 5) is 10.8. The largest absolute Gasteiger partial charge is 0.353 e. The van der Waals surface area contributed by atoms with Crippen LogP contribution in [0.4, 0.5) is 0 Å². The van der Waals surface area contributed by atoms with Gasteiger partial charge in [-0.2, -0.15) is 0 Å². The Balaban J connectivity index is 2.20. The molecule has 0 fully saturated rings. The fourth-order valence-electron chi connectivity index (χ4n) is 1.91. The van der Waals surface area contributed by atoms with E-state index in [1.807, 2.05) is 42.5 Å². The van der Waals surface area contributed by atoms with Crippen molar-refractivity contribution in [3.05, 3.63) is 66.2 Å². The minimum absolute atomic E-state index is 0.0130. The highest BCUT2D eigenvalue weighted by molar-refractivity contribution is 5.76. The van der Waals surface area contributed by atoms with Gasteiger partial charge in [-0.15, -0.1) is 0 Å². The van der Waals surface area contributed by atoms with Gasteiger partial charge in [0.1, 0.15) is 0 Å². The van der Waals surface area contributed by atoms with E-state index in [0.717, 1.165) is 5.56 Å². The number of nitrogens with one attached hydrogen (secondary N) is 1. The van der Waals surface area contributed by atoms with Gasteiger partial charge in [-0.05, 0) is 16.7 Å². The van der Waals surface area contributed by atoms with Gasteiger partial charge in [0.2, 0.25) is 5.91 Å². The van der Waals surface area contributed by atoms with E-state index in [0.29, 0.717) is 6.54 Å². The minimum Gasteiger partial charge on any atom is -0.353 e. The highest BCUT2D eigenvalue weighted by atomic mass is 16.1. The van der Waals surface area contributed by atoms with E-state index in [2.05, 4.69) is 29.6 Å². The number of benzene rings is 2. The smallest absolute Gasteiger partial charge is 0.217 e. The Hall–Kier alpha value is -2.35. The molecule has 0 saturated carbocycles. The van der Waals surface area contributed by atoms with Crippen LogP contribution in [0.15, 0.2) is 60.7 Å². The van der Waals surface area contributed by atoms with Crippen molar-refractivity contribution in [3.8, 4) is 11.1 Å². The van der Waals surface area contributed by atoms with Crippen molar-refractivity contribution < 1.29 is 4.79 Å². The number of hydrogen-bond acceptors (Lipinski definition) is 1. The van der Waals surface area contributed by atoms with E-state index in [9.17, 15) is 4.79 Å². The summed E-state index contributed by atoms with van der Waals surface area (Å²) < 4.78 is 0. The standard InChI is InChI=1S/C17H17NO/c1-14(19)18-13-7-11-16-10-5-6-12-17(16)15-8-3-2-4-9-15/h2-12H,13H2,1H3,(H,18,19). The lowest BCUT2D eigenvalue weighted by Crippen LogP contribution is -2.19. The number of hydrogen-bond donors (Lipinski definition) is 1. The summed E-state index contributed by atoms with van der Waals surface area (Å²) in [6.07, 6.45) is 4.00. The number of carbonyl (C=O) groups is 1. The molecule has 2 nitrogen and oxygen atoms in total. The van der Waals surface area contributed by atoms with Crippen molar-refractivity contribution in [1.82, 2.24) is 5.32 Å². The molecule has 0 unspecified atom stereocenters. The van der Waals surface area contributed by atoms with Crippen LogP contribution in [0.5, 0.6) is 0 Å². The Kier molecular flexibility index (Phi) is 4.51. The molecule has 0 aliphatic heterocycles. The van der Waals surface area contributed by atoms with Gasteiger partial charge < -0.3 is 5.32 Å². The third-order valence-corrected chi connectivity index (χ3v) is 2.81. The second-order valence-electron chi connectivity index (χ2n) is 4.29. The molecule has 2 rings (SSSR count). The Bertz CT molecular complexity index is 573. The van der Waals surface area contributed by atoms with Crippen molar-refractivity contribution in [1.29, 1.82) is 0 Å². The Labute approximate surface area is 113 Å². The molecule has 2 heteroatoms. The Morgan fingerprint density at radius 3 is 2.47 bits per heavy atom. The normalized spacial score (nSPS) is 10.6. The van der Waals surface area contributed by atoms with Gasteiger partial charge >= 0.3 is 0 Å². The highest BCUT2D eigenvalue weighted by Gasteiger charge is 2.00. The lowest BCUT2D eigenvalue weighted by molar-refractivity contribution is -0.118. The molecule has 0 heterocycles. The maximum atomic E-state index is 10.8. The van der Waals surface area contributed by atoms with E-state index < -0.39 is 0 Å². The van der Waals surface area contributed by atoms with Crippen LogP contribution in [-0.2, 0) is 4.79 Å². The van der Waals surface area contributed by atoms with Crippen molar-refractivity contribution >= 4 is 12.0 Å². The van der Waals surface area contributed by atoms with Crippen LogP contribution in [0.25, 0.3) is 17.2 Å². The first-order chi connectivity index (χ1) is 9.27. The van der Waals surface area contributed by atoms with E-state index in [1.165, 1.54) is 18.1 Å². The third kappa shape index (κ3) is 3.81. The predicted octanol–water partition coefficient (Wildman–Crippen LogP) is 3.50.